The van der Waals surface area contributed by atoms with E-state index in [2.05, 4.69) is 9.97 Å². The highest BCUT2D eigenvalue weighted by Gasteiger charge is 2.30. The highest BCUT2D eigenvalue weighted by atomic mass is 16.5. The third-order valence-corrected chi connectivity index (χ3v) is 6.36. The first kappa shape index (κ1) is 30.1. The summed E-state index contributed by atoms with van der Waals surface area (Å²) in [5.74, 6) is -2.82. The van der Waals surface area contributed by atoms with E-state index in [-0.39, 0.29) is 66.1 Å². The number of ether oxygens (including phenoxy) is 4. The Balaban J connectivity index is 2.05. The summed E-state index contributed by atoms with van der Waals surface area (Å²) in [6.45, 7) is 10.4. The van der Waals surface area contributed by atoms with Crippen LogP contribution in [-0.2, 0) is 23.7 Å². The third-order valence-electron chi connectivity index (χ3n) is 6.36. The Morgan fingerprint density at radius 1 is 0.625 bits per heavy atom. The number of nitrogens with one attached hydrogen (secondary N) is 2. The summed E-state index contributed by atoms with van der Waals surface area (Å²) in [4.78, 5) is 69.6. The van der Waals surface area contributed by atoms with Gasteiger partial charge < -0.3 is 28.9 Å². The van der Waals surface area contributed by atoms with Gasteiger partial charge in [-0.1, -0.05) is 0 Å². The van der Waals surface area contributed by atoms with Crippen LogP contribution in [0.1, 0.15) is 105 Å². The number of aromatic amines is 2. The Bertz CT molecular complexity index is 1300. The minimum Gasteiger partial charge on any atom is -0.462 e. The lowest BCUT2D eigenvalue weighted by atomic mass is 10.1. The van der Waals surface area contributed by atoms with Crippen molar-refractivity contribution in [2.24, 2.45) is 0 Å². The molecule has 0 atom stereocenters. The quantitative estimate of drug-likeness (QED) is 0.245. The van der Waals surface area contributed by atoms with Crippen molar-refractivity contribution in [3.05, 3.63) is 56.2 Å². The van der Waals surface area contributed by atoms with Gasteiger partial charge in [0, 0.05) is 11.1 Å². The van der Waals surface area contributed by atoms with Crippen molar-refractivity contribution in [1.82, 2.24) is 9.97 Å². The van der Waals surface area contributed by atoms with E-state index in [0.717, 1.165) is 0 Å². The second-order valence-electron chi connectivity index (χ2n) is 8.88. The van der Waals surface area contributed by atoms with Gasteiger partial charge in [-0.25, -0.2) is 19.2 Å². The number of hydrogen-bond acceptors (Lipinski definition) is 9. The van der Waals surface area contributed by atoms with Crippen molar-refractivity contribution >= 4 is 41.8 Å². The summed E-state index contributed by atoms with van der Waals surface area (Å²) >= 11 is 0. The van der Waals surface area contributed by atoms with Gasteiger partial charge in [-0.2, -0.15) is 0 Å². The Labute approximate surface area is 231 Å². The molecule has 0 unspecified atom stereocenters. The predicted octanol–water partition coefficient (Wildman–Crippen LogP) is 4.50. The molecule has 0 aliphatic heterocycles. The van der Waals surface area contributed by atoms with Crippen molar-refractivity contribution in [3.63, 3.8) is 0 Å². The fourth-order valence-electron chi connectivity index (χ4n) is 4.53. The molecule has 11 nitrogen and oxygen atoms in total. The number of carbonyl (C=O) groups excluding carboxylic acids is 5. The molecule has 0 radical (unpaired) electrons. The Morgan fingerprint density at radius 3 is 1.27 bits per heavy atom. The second-order valence-corrected chi connectivity index (χ2v) is 8.88. The van der Waals surface area contributed by atoms with Crippen LogP contribution in [-0.4, -0.2) is 66.1 Å². The maximum Gasteiger partial charge on any atom is 0.355 e. The summed E-state index contributed by atoms with van der Waals surface area (Å²) in [6, 6.07) is 0. The second kappa shape index (κ2) is 13.1. The molecule has 1 aliphatic rings. The van der Waals surface area contributed by atoms with Gasteiger partial charge in [0.25, 0.3) is 0 Å². The van der Waals surface area contributed by atoms with Crippen LogP contribution in [0.5, 0.6) is 0 Å². The van der Waals surface area contributed by atoms with Crippen molar-refractivity contribution in [1.29, 1.82) is 0 Å². The molecule has 1 saturated carbocycles. The molecular weight excluding hydrogens is 520 g/mol. The van der Waals surface area contributed by atoms with E-state index in [1.807, 2.05) is 0 Å². The van der Waals surface area contributed by atoms with Crippen LogP contribution in [0.25, 0.3) is 12.2 Å². The highest BCUT2D eigenvalue weighted by molar-refractivity contribution is 6.16. The van der Waals surface area contributed by atoms with E-state index in [0.29, 0.717) is 35.1 Å². The average molecular weight is 555 g/mol. The lowest BCUT2D eigenvalue weighted by Gasteiger charge is -2.04. The first-order valence-corrected chi connectivity index (χ1v) is 13.2. The van der Waals surface area contributed by atoms with Gasteiger partial charge in [-0.15, -0.1) is 0 Å². The molecule has 0 aromatic carbocycles. The summed E-state index contributed by atoms with van der Waals surface area (Å²) in [5, 5.41) is 0. The van der Waals surface area contributed by atoms with Crippen LogP contribution in [0.3, 0.4) is 0 Å². The molecule has 11 heteroatoms. The smallest absolute Gasteiger partial charge is 0.355 e. The van der Waals surface area contributed by atoms with Crippen LogP contribution in [0.2, 0.25) is 0 Å². The minimum absolute atomic E-state index is 0.102. The van der Waals surface area contributed by atoms with E-state index in [1.165, 1.54) is 12.2 Å². The molecular formula is C29H34N2O9. The summed E-state index contributed by atoms with van der Waals surface area (Å²) in [6.07, 6.45) is 3.75. The number of hydrogen-bond donors (Lipinski definition) is 2. The lowest BCUT2D eigenvalue weighted by Crippen LogP contribution is -2.09. The van der Waals surface area contributed by atoms with Gasteiger partial charge in [-0.05, 0) is 77.7 Å². The van der Waals surface area contributed by atoms with E-state index in [9.17, 15) is 24.0 Å². The number of esters is 4. The predicted molar refractivity (Wildman–Crippen MR) is 145 cm³/mol. The zero-order valence-electron chi connectivity index (χ0n) is 23.6. The zero-order chi connectivity index (χ0) is 29.6. The molecule has 1 aliphatic carbocycles. The van der Waals surface area contributed by atoms with Crippen LogP contribution in [0.15, 0.2) is 11.1 Å². The van der Waals surface area contributed by atoms with Gasteiger partial charge in [0.1, 0.15) is 11.4 Å². The van der Waals surface area contributed by atoms with Crippen LogP contribution in [0, 0.1) is 13.8 Å². The normalized spacial score (nSPS) is 15.0. The van der Waals surface area contributed by atoms with Crippen LogP contribution in [0.4, 0.5) is 0 Å². The van der Waals surface area contributed by atoms with Gasteiger partial charge in [0.15, 0.2) is 5.78 Å². The molecule has 0 saturated heterocycles. The Morgan fingerprint density at radius 2 is 0.950 bits per heavy atom. The molecule has 214 valence electrons. The molecule has 0 spiro atoms. The molecule has 2 N–H and O–H groups in total. The topological polar surface area (TPSA) is 154 Å². The first-order valence-electron chi connectivity index (χ1n) is 13.2. The molecule has 0 amide bonds. The van der Waals surface area contributed by atoms with E-state index in [4.69, 9.17) is 18.9 Å². The van der Waals surface area contributed by atoms with E-state index in [1.54, 1.807) is 41.5 Å². The van der Waals surface area contributed by atoms with Gasteiger partial charge >= 0.3 is 23.9 Å². The summed E-state index contributed by atoms with van der Waals surface area (Å²) in [5.41, 5.74) is 2.51. The maximum atomic E-state index is 13.4. The Hall–Kier alpha value is -4.41. The molecule has 2 heterocycles. The fraction of sp³-hybridized carbons (Fsp3) is 0.414. The minimum atomic E-state index is -0.632. The standard InChI is InChI=1S/C29H34N2O9/c1-7-37-26(33)21-15(5)23(28(35)39-9-3)30-19(21)13-17-11-12-18(25(17)32)14-20-22(27(34)38-8-2)16(6)24(31-20)29(36)40-10-4/h13-14,30-31H,7-12H2,1-6H3. The molecule has 1 fully saturated rings. The third kappa shape index (κ3) is 6.08. The number of carbonyl (C=O) groups is 5. The monoisotopic (exact) mass is 554 g/mol. The molecule has 0 bridgehead atoms. The van der Waals surface area contributed by atoms with Crippen molar-refractivity contribution in [2.75, 3.05) is 26.4 Å². The number of allylic oxidation sites excluding steroid dienone is 2. The van der Waals surface area contributed by atoms with Crippen LogP contribution >= 0.6 is 0 Å². The first-order chi connectivity index (χ1) is 19.1. The lowest BCUT2D eigenvalue weighted by molar-refractivity contribution is -0.111. The summed E-state index contributed by atoms with van der Waals surface area (Å²) in [7, 11) is 0. The largest absolute Gasteiger partial charge is 0.462 e. The molecule has 3 rings (SSSR count). The highest BCUT2D eigenvalue weighted by Crippen LogP contribution is 2.33. The van der Waals surface area contributed by atoms with E-state index >= 15 is 0 Å². The SMILES string of the molecule is CCOC(=O)c1[nH]c(C=C2CCC(=Cc3[nH]c(C(=O)OCC)c(C)c3C(=O)OCC)C2=O)c(C(=O)OCC)c1C. The van der Waals surface area contributed by atoms with Gasteiger partial charge in [0.05, 0.1) is 48.9 Å². The number of Topliss-reactive ketones (excluding diaryl/α,β-unsaturated/α-hetero) is 1. The van der Waals surface area contributed by atoms with Crippen molar-refractivity contribution in [3.8, 4) is 0 Å². The maximum absolute atomic E-state index is 13.4. The molecule has 40 heavy (non-hydrogen) atoms. The summed E-state index contributed by atoms with van der Waals surface area (Å²) < 4.78 is 20.5. The zero-order valence-corrected chi connectivity index (χ0v) is 23.6. The molecule has 2 aromatic rings. The fourth-order valence-corrected chi connectivity index (χ4v) is 4.53. The van der Waals surface area contributed by atoms with Gasteiger partial charge in [0.2, 0.25) is 0 Å². The van der Waals surface area contributed by atoms with Gasteiger partial charge in [-0.3, -0.25) is 4.79 Å². The number of H-pyrrole nitrogens is 2. The van der Waals surface area contributed by atoms with E-state index < -0.39 is 23.9 Å². The van der Waals surface area contributed by atoms with Crippen molar-refractivity contribution < 1.29 is 42.9 Å². The van der Waals surface area contributed by atoms with Crippen molar-refractivity contribution in [2.45, 2.75) is 54.4 Å². The van der Waals surface area contributed by atoms with Crippen LogP contribution < -0.4 is 0 Å². The number of aromatic nitrogens is 2. The Kier molecular flexibility index (Phi) is 9.87. The number of rotatable bonds is 10. The average Bonchev–Trinajstić information content (AvgIpc) is 3.53. The molecule has 2 aromatic heterocycles. The number of ketones is 1.